The minimum atomic E-state index is -0.672. The second-order valence-electron chi connectivity index (χ2n) is 22.8. The van der Waals surface area contributed by atoms with Crippen molar-refractivity contribution in [3.8, 4) is 0 Å². The number of hydrogen-bond acceptors (Lipinski definition) is 5. The van der Waals surface area contributed by atoms with Gasteiger partial charge < -0.3 is 20.3 Å². The standard InChI is InChI=1S/C68H129NO5/c1-3-5-7-9-11-13-15-17-19-20-21-22-23-26-29-33-36-40-44-48-52-56-60-66(71)65(64-70)69-67(72)61-57-53-49-45-41-37-34-30-27-24-25-28-31-35-39-43-47-51-55-59-63-74-68(73)62-58-54-50-46-42-38-32-18-16-14-12-10-8-6-4-2/h12,14,18,24,27,32,65-66,70-71H,3-11,13,15-17,19-23,25-26,28-31,33-64H2,1-2H3,(H,69,72)/b14-12-,27-24-,32-18-. The normalized spacial score (nSPS) is 12.8. The molecule has 0 heterocycles. The zero-order valence-electron chi connectivity index (χ0n) is 49.8. The molecule has 0 aliphatic carbocycles. The molecule has 0 bridgehead atoms. The first kappa shape index (κ1) is 72.1. The Balaban J connectivity index is 3.44. The molecule has 0 radical (unpaired) electrons. The summed E-state index contributed by atoms with van der Waals surface area (Å²) in [5, 5.41) is 23.4. The first-order valence-corrected chi connectivity index (χ1v) is 33.2. The van der Waals surface area contributed by atoms with E-state index in [1.54, 1.807) is 0 Å². The van der Waals surface area contributed by atoms with Crippen molar-refractivity contribution in [1.29, 1.82) is 0 Å². The summed E-state index contributed by atoms with van der Waals surface area (Å²) in [5.74, 6) is -0.0478. The van der Waals surface area contributed by atoms with Crippen LogP contribution in [-0.2, 0) is 14.3 Å². The van der Waals surface area contributed by atoms with E-state index >= 15 is 0 Å². The molecule has 74 heavy (non-hydrogen) atoms. The minimum Gasteiger partial charge on any atom is -0.466 e. The van der Waals surface area contributed by atoms with Crippen molar-refractivity contribution in [2.45, 2.75) is 373 Å². The molecule has 0 aliphatic rings. The number of allylic oxidation sites excluding steroid dienone is 6. The molecule has 2 atom stereocenters. The minimum absolute atomic E-state index is 0.00726. The monoisotopic (exact) mass is 1040 g/mol. The molecule has 2 unspecified atom stereocenters. The van der Waals surface area contributed by atoms with Crippen molar-refractivity contribution >= 4 is 11.9 Å². The summed E-state index contributed by atoms with van der Waals surface area (Å²) in [4.78, 5) is 24.6. The van der Waals surface area contributed by atoms with E-state index < -0.39 is 12.1 Å². The highest BCUT2D eigenvalue weighted by Gasteiger charge is 2.20. The van der Waals surface area contributed by atoms with E-state index in [0.717, 1.165) is 51.4 Å². The summed E-state index contributed by atoms with van der Waals surface area (Å²) in [6, 6.07) is -0.550. The van der Waals surface area contributed by atoms with E-state index in [0.29, 0.717) is 25.9 Å². The molecule has 0 aromatic heterocycles. The van der Waals surface area contributed by atoms with Crippen LogP contribution in [0.25, 0.3) is 0 Å². The van der Waals surface area contributed by atoms with Crippen LogP contribution in [0, 0.1) is 0 Å². The van der Waals surface area contributed by atoms with Gasteiger partial charge in [-0.25, -0.2) is 0 Å². The summed E-state index contributed by atoms with van der Waals surface area (Å²) in [5.41, 5.74) is 0. The van der Waals surface area contributed by atoms with E-state index in [-0.39, 0.29) is 18.5 Å². The number of aliphatic hydroxyl groups is 2. The van der Waals surface area contributed by atoms with E-state index in [4.69, 9.17) is 4.74 Å². The Kier molecular flexibility index (Phi) is 62.0. The molecule has 0 saturated heterocycles. The summed E-state index contributed by atoms with van der Waals surface area (Å²) in [6.45, 7) is 4.94. The van der Waals surface area contributed by atoms with E-state index in [1.165, 1.54) is 276 Å². The molecule has 3 N–H and O–H groups in total. The average Bonchev–Trinajstić information content (AvgIpc) is 3.40. The fraction of sp³-hybridized carbons (Fsp3) is 0.882. The third kappa shape index (κ3) is 59.3. The lowest BCUT2D eigenvalue weighted by atomic mass is 10.0. The predicted molar refractivity (Wildman–Crippen MR) is 324 cm³/mol. The van der Waals surface area contributed by atoms with E-state index in [9.17, 15) is 19.8 Å². The number of rotatable bonds is 62. The Bertz CT molecular complexity index is 1200. The predicted octanol–water partition coefficient (Wildman–Crippen LogP) is 21.1. The number of amides is 1. The Labute approximate surface area is 462 Å². The van der Waals surface area contributed by atoms with Gasteiger partial charge in [0.2, 0.25) is 5.91 Å². The maximum Gasteiger partial charge on any atom is 0.305 e. The Morgan fingerprint density at radius 2 is 0.676 bits per heavy atom. The van der Waals surface area contributed by atoms with Gasteiger partial charge in [0.05, 0.1) is 25.4 Å². The van der Waals surface area contributed by atoms with E-state index in [1.807, 2.05) is 0 Å². The maximum absolute atomic E-state index is 12.5. The molecule has 0 spiro atoms. The number of esters is 1. The topological polar surface area (TPSA) is 95.9 Å². The van der Waals surface area contributed by atoms with Gasteiger partial charge >= 0.3 is 5.97 Å². The number of nitrogens with one attached hydrogen (secondary N) is 1. The highest BCUT2D eigenvalue weighted by Crippen LogP contribution is 2.18. The van der Waals surface area contributed by atoms with Gasteiger partial charge in [-0.15, -0.1) is 0 Å². The molecule has 6 heteroatoms. The Morgan fingerprint density at radius 3 is 1.07 bits per heavy atom. The smallest absolute Gasteiger partial charge is 0.305 e. The van der Waals surface area contributed by atoms with Crippen molar-refractivity contribution < 1.29 is 24.5 Å². The van der Waals surface area contributed by atoms with Gasteiger partial charge in [0.15, 0.2) is 0 Å². The van der Waals surface area contributed by atoms with Gasteiger partial charge in [0, 0.05) is 12.8 Å². The third-order valence-corrected chi connectivity index (χ3v) is 15.4. The number of ether oxygens (including phenoxy) is 1. The molecule has 436 valence electrons. The summed E-state index contributed by atoms with van der Waals surface area (Å²) in [7, 11) is 0. The van der Waals surface area contributed by atoms with Gasteiger partial charge in [0.1, 0.15) is 0 Å². The molecule has 6 nitrogen and oxygen atoms in total. The van der Waals surface area contributed by atoms with Crippen LogP contribution in [0.3, 0.4) is 0 Å². The fourth-order valence-corrected chi connectivity index (χ4v) is 10.3. The highest BCUT2D eigenvalue weighted by atomic mass is 16.5. The average molecular weight is 1040 g/mol. The van der Waals surface area contributed by atoms with E-state index in [2.05, 4.69) is 55.6 Å². The number of hydrogen-bond donors (Lipinski definition) is 3. The van der Waals surface area contributed by atoms with Crippen LogP contribution in [-0.4, -0.2) is 47.4 Å². The van der Waals surface area contributed by atoms with Crippen molar-refractivity contribution in [1.82, 2.24) is 5.32 Å². The lowest BCUT2D eigenvalue weighted by Gasteiger charge is -2.22. The van der Waals surface area contributed by atoms with Gasteiger partial charge in [-0.3, -0.25) is 9.59 Å². The Hall–Kier alpha value is -1.92. The second kappa shape index (κ2) is 63.6. The number of aliphatic hydroxyl groups excluding tert-OH is 2. The fourth-order valence-electron chi connectivity index (χ4n) is 10.3. The second-order valence-corrected chi connectivity index (χ2v) is 22.8. The molecular weight excluding hydrogens is 911 g/mol. The van der Waals surface area contributed by atoms with Gasteiger partial charge in [-0.05, 0) is 83.5 Å². The molecule has 0 aliphatic heterocycles. The SMILES string of the molecule is CCCCC/C=C\C/C=C\CCCCCCCC(=O)OCCCCCCCCCCC/C=C\CCCCCCCCCC(=O)NC(CO)C(O)CCCCCCCCCCCCCCCCCCCCCCCC. The largest absolute Gasteiger partial charge is 0.466 e. The molecule has 0 aromatic rings. The van der Waals surface area contributed by atoms with Crippen molar-refractivity contribution in [2.75, 3.05) is 13.2 Å². The molecular formula is C68H129NO5. The van der Waals surface area contributed by atoms with Crippen LogP contribution in [0.15, 0.2) is 36.5 Å². The van der Waals surface area contributed by atoms with Gasteiger partial charge in [-0.2, -0.15) is 0 Å². The molecule has 0 rings (SSSR count). The number of unbranched alkanes of at least 4 members (excludes halogenated alkanes) is 45. The van der Waals surface area contributed by atoms with Gasteiger partial charge in [-0.1, -0.05) is 301 Å². The Morgan fingerprint density at radius 1 is 0.378 bits per heavy atom. The first-order valence-electron chi connectivity index (χ1n) is 33.2. The van der Waals surface area contributed by atoms with Crippen LogP contribution in [0.2, 0.25) is 0 Å². The highest BCUT2D eigenvalue weighted by molar-refractivity contribution is 5.76. The number of carbonyl (C=O) groups is 2. The zero-order valence-corrected chi connectivity index (χ0v) is 49.8. The molecule has 1 amide bonds. The van der Waals surface area contributed by atoms with Crippen molar-refractivity contribution in [3.63, 3.8) is 0 Å². The zero-order chi connectivity index (χ0) is 53.6. The van der Waals surface area contributed by atoms with Crippen molar-refractivity contribution in [2.24, 2.45) is 0 Å². The summed E-state index contributed by atoms with van der Waals surface area (Å²) >= 11 is 0. The molecule has 0 aromatic carbocycles. The maximum atomic E-state index is 12.5. The lowest BCUT2D eigenvalue weighted by Crippen LogP contribution is -2.45. The quantitative estimate of drug-likeness (QED) is 0.0320. The van der Waals surface area contributed by atoms with Crippen LogP contribution < -0.4 is 5.32 Å². The third-order valence-electron chi connectivity index (χ3n) is 15.4. The van der Waals surface area contributed by atoms with Crippen LogP contribution in [0.4, 0.5) is 0 Å². The molecule has 0 saturated carbocycles. The lowest BCUT2D eigenvalue weighted by molar-refractivity contribution is -0.143. The van der Waals surface area contributed by atoms with Gasteiger partial charge in [0.25, 0.3) is 0 Å². The summed E-state index contributed by atoms with van der Waals surface area (Å²) < 4.78 is 5.48. The van der Waals surface area contributed by atoms with Crippen LogP contribution in [0.1, 0.15) is 361 Å². The number of carbonyl (C=O) groups excluding carboxylic acids is 2. The summed E-state index contributed by atoms with van der Waals surface area (Å²) in [6.07, 6.45) is 80.2. The first-order chi connectivity index (χ1) is 36.5. The van der Waals surface area contributed by atoms with Crippen LogP contribution >= 0.6 is 0 Å². The molecule has 0 fully saturated rings. The van der Waals surface area contributed by atoms with Crippen molar-refractivity contribution in [3.05, 3.63) is 36.5 Å². The van der Waals surface area contributed by atoms with Crippen LogP contribution in [0.5, 0.6) is 0 Å².